The first kappa shape index (κ1) is 17.7. The van der Waals surface area contributed by atoms with Gasteiger partial charge in [0.15, 0.2) is 5.78 Å². The van der Waals surface area contributed by atoms with Gasteiger partial charge in [-0.2, -0.15) is 0 Å². The zero-order valence-corrected chi connectivity index (χ0v) is 17.0. The highest BCUT2D eigenvalue weighted by atomic mass is 16.1. The number of benzene rings is 1. The summed E-state index contributed by atoms with van der Waals surface area (Å²) in [6, 6.07) is 10.6. The Labute approximate surface area is 164 Å². The summed E-state index contributed by atoms with van der Waals surface area (Å²) in [5.41, 5.74) is 3.70. The molecule has 1 aromatic carbocycles. The molecule has 0 heterocycles. The van der Waals surface area contributed by atoms with Gasteiger partial charge in [-0.1, -0.05) is 56.2 Å². The summed E-state index contributed by atoms with van der Waals surface area (Å²) in [7, 11) is 0. The average Bonchev–Trinajstić information content (AvgIpc) is 3.05. The minimum atomic E-state index is 0.178. The van der Waals surface area contributed by atoms with Crippen LogP contribution >= 0.6 is 0 Å². The van der Waals surface area contributed by atoms with Gasteiger partial charge < -0.3 is 0 Å². The van der Waals surface area contributed by atoms with Gasteiger partial charge in [0.25, 0.3) is 0 Å². The Kier molecular flexibility index (Phi) is 4.15. The van der Waals surface area contributed by atoms with E-state index in [4.69, 9.17) is 0 Å². The fourth-order valence-electron chi connectivity index (χ4n) is 7.81. The van der Waals surface area contributed by atoms with Crippen LogP contribution in [0.5, 0.6) is 0 Å². The second-order valence-corrected chi connectivity index (χ2v) is 10.6. The summed E-state index contributed by atoms with van der Waals surface area (Å²) in [6.07, 6.45) is 13.8. The molecule has 4 aliphatic rings. The smallest absolute Gasteiger partial charge is 0.159 e. The lowest BCUT2D eigenvalue weighted by Crippen LogP contribution is -2.50. The van der Waals surface area contributed by atoms with E-state index in [0.717, 1.165) is 30.6 Å². The van der Waals surface area contributed by atoms with Crippen molar-refractivity contribution in [3.8, 4) is 0 Å². The monoisotopic (exact) mass is 362 g/mol. The van der Waals surface area contributed by atoms with Crippen molar-refractivity contribution in [3.63, 3.8) is 0 Å². The fraction of sp³-hybridized carbons (Fsp3) is 0.654. The van der Waals surface area contributed by atoms with Crippen molar-refractivity contribution >= 4 is 5.78 Å². The van der Waals surface area contributed by atoms with Gasteiger partial charge in [0.05, 0.1) is 0 Å². The number of fused-ring (bicyclic) bond motifs is 5. The van der Waals surface area contributed by atoms with Crippen LogP contribution in [0.25, 0.3) is 0 Å². The van der Waals surface area contributed by atoms with Crippen LogP contribution in [0.2, 0.25) is 0 Å². The second-order valence-electron chi connectivity index (χ2n) is 10.6. The highest BCUT2D eigenvalue weighted by Gasteiger charge is 2.57. The van der Waals surface area contributed by atoms with Crippen LogP contribution in [0.1, 0.15) is 70.8 Å². The minimum Gasteiger partial charge on any atom is -0.295 e. The summed E-state index contributed by atoms with van der Waals surface area (Å²) < 4.78 is 0. The van der Waals surface area contributed by atoms with Crippen molar-refractivity contribution in [2.45, 2.75) is 71.6 Å². The maximum Gasteiger partial charge on any atom is 0.159 e. The topological polar surface area (TPSA) is 17.1 Å². The van der Waals surface area contributed by atoms with Crippen molar-refractivity contribution in [3.05, 3.63) is 47.5 Å². The van der Waals surface area contributed by atoms with Crippen molar-refractivity contribution < 1.29 is 4.79 Å². The Hall–Kier alpha value is -1.37. The molecule has 0 aliphatic heterocycles. The van der Waals surface area contributed by atoms with Gasteiger partial charge in [-0.15, -0.1) is 0 Å². The third-order valence-corrected chi connectivity index (χ3v) is 9.23. The van der Waals surface area contributed by atoms with Crippen molar-refractivity contribution in [1.82, 2.24) is 0 Å². The number of allylic oxidation sites excluding steroid dienone is 1. The van der Waals surface area contributed by atoms with Crippen LogP contribution in [-0.2, 0) is 11.2 Å². The van der Waals surface area contributed by atoms with Gasteiger partial charge in [-0.3, -0.25) is 4.79 Å². The zero-order chi connectivity index (χ0) is 18.6. The SMILES string of the molecule is C[C@@]12CCC[C@H]1[C@@H]1CCC3=CC(=O)C(Cc4ccccc4)C[C@]3(C)[C@H]1CC2. The Morgan fingerprint density at radius 3 is 2.63 bits per heavy atom. The van der Waals surface area contributed by atoms with E-state index in [1.165, 1.54) is 56.1 Å². The van der Waals surface area contributed by atoms with E-state index in [1.807, 2.05) is 0 Å². The van der Waals surface area contributed by atoms with Crippen LogP contribution in [0.15, 0.2) is 42.0 Å². The average molecular weight is 363 g/mol. The van der Waals surface area contributed by atoms with Crippen molar-refractivity contribution in [1.29, 1.82) is 0 Å². The maximum atomic E-state index is 12.9. The predicted octanol–water partition coefficient (Wildman–Crippen LogP) is 6.38. The molecule has 144 valence electrons. The van der Waals surface area contributed by atoms with E-state index in [1.54, 1.807) is 0 Å². The molecule has 4 aliphatic carbocycles. The first-order chi connectivity index (χ1) is 13.0. The molecule has 3 fully saturated rings. The minimum absolute atomic E-state index is 0.178. The Balaban J connectivity index is 1.44. The normalized spacial score (nSPS) is 43.5. The van der Waals surface area contributed by atoms with E-state index in [9.17, 15) is 4.79 Å². The van der Waals surface area contributed by atoms with Gasteiger partial charge >= 0.3 is 0 Å². The molecule has 27 heavy (non-hydrogen) atoms. The molecule has 0 spiro atoms. The lowest BCUT2D eigenvalue weighted by atomic mass is 9.46. The highest BCUT2D eigenvalue weighted by molar-refractivity contribution is 5.94. The quantitative estimate of drug-likeness (QED) is 0.597. The molecule has 0 radical (unpaired) electrons. The van der Waals surface area contributed by atoms with Gasteiger partial charge in [0.1, 0.15) is 0 Å². The van der Waals surface area contributed by atoms with Crippen LogP contribution in [0.4, 0.5) is 0 Å². The summed E-state index contributed by atoms with van der Waals surface area (Å²) in [4.78, 5) is 12.9. The maximum absolute atomic E-state index is 12.9. The Morgan fingerprint density at radius 1 is 1.00 bits per heavy atom. The second kappa shape index (κ2) is 6.33. The van der Waals surface area contributed by atoms with Crippen LogP contribution in [-0.4, -0.2) is 5.78 Å². The number of hydrogen-bond donors (Lipinski definition) is 0. The summed E-state index contributed by atoms with van der Waals surface area (Å²) in [6.45, 7) is 5.11. The molecule has 1 heteroatoms. The van der Waals surface area contributed by atoms with Crippen LogP contribution < -0.4 is 0 Å². The van der Waals surface area contributed by atoms with Crippen molar-refractivity contribution in [2.75, 3.05) is 0 Å². The lowest BCUT2D eigenvalue weighted by molar-refractivity contribution is -0.122. The standard InChI is InChI=1S/C26H34O/c1-25-13-6-9-22(25)21-11-10-20-16-24(27)19(15-18-7-4-3-5-8-18)17-26(20,2)23(21)12-14-25/h3-5,7-8,16,19,21-23H,6,9-15,17H2,1-2H3/t19?,21-,22-,23-,25-,26-/m0/s1. The molecule has 3 saturated carbocycles. The molecule has 1 unspecified atom stereocenters. The molecule has 0 N–H and O–H groups in total. The molecule has 0 amide bonds. The van der Waals surface area contributed by atoms with Gasteiger partial charge in [-0.05, 0) is 91.6 Å². The molecule has 6 atom stereocenters. The predicted molar refractivity (Wildman–Crippen MR) is 110 cm³/mol. The van der Waals surface area contributed by atoms with E-state index < -0.39 is 0 Å². The van der Waals surface area contributed by atoms with Crippen LogP contribution in [0, 0.1) is 34.5 Å². The molecule has 0 bridgehead atoms. The van der Waals surface area contributed by atoms with E-state index in [2.05, 4.69) is 50.3 Å². The van der Waals surface area contributed by atoms with Gasteiger partial charge in [0, 0.05) is 5.92 Å². The molecule has 1 nitrogen and oxygen atoms in total. The largest absolute Gasteiger partial charge is 0.295 e. The molecule has 1 aromatic rings. The summed E-state index contributed by atoms with van der Waals surface area (Å²) in [5, 5.41) is 0. The number of carbonyl (C=O) groups is 1. The number of hydrogen-bond acceptors (Lipinski definition) is 1. The molecule has 0 aromatic heterocycles. The number of rotatable bonds is 2. The molecule has 0 saturated heterocycles. The molecular weight excluding hydrogens is 328 g/mol. The first-order valence-corrected chi connectivity index (χ1v) is 11.3. The van der Waals surface area contributed by atoms with E-state index in [-0.39, 0.29) is 11.3 Å². The third-order valence-electron chi connectivity index (χ3n) is 9.23. The summed E-state index contributed by atoms with van der Waals surface area (Å²) in [5.74, 6) is 3.22. The zero-order valence-electron chi connectivity index (χ0n) is 17.0. The lowest BCUT2D eigenvalue weighted by Gasteiger charge is -2.58. The Morgan fingerprint density at radius 2 is 1.81 bits per heavy atom. The molecule has 5 rings (SSSR count). The fourth-order valence-corrected chi connectivity index (χ4v) is 7.81. The van der Waals surface area contributed by atoms with Crippen molar-refractivity contribution in [2.24, 2.45) is 34.5 Å². The van der Waals surface area contributed by atoms with E-state index >= 15 is 0 Å². The highest BCUT2D eigenvalue weighted by Crippen LogP contribution is 2.65. The van der Waals surface area contributed by atoms with Gasteiger partial charge in [0.2, 0.25) is 0 Å². The van der Waals surface area contributed by atoms with E-state index in [0.29, 0.717) is 11.2 Å². The third kappa shape index (κ3) is 2.76. The first-order valence-electron chi connectivity index (χ1n) is 11.3. The number of ketones is 1. The van der Waals surface area contributed by atoms with Gasteiger partial charge in [-0.25, -0.2) is 0 Å². The number of carbonyl (C=O) groups excluding carboxylic acids is 1. The Bertz CT molecular complexity index is 762. The molecular formula is C26H34O. The van der Waals surface area contributed by atoms with Crippen LogP contribution in [0.3, 0.4) is 0 Å². The summed E-state index contributed by atoms with van der Waals surface area (Å²) >= 11 is 0.